The Kier molecular flexibility index (Phi) is 4.45. The summed E-state index contributed by atoms with van der Waals surface area (Å²) in [6.45, 7) is 7.81. The van der Waals surface area contributed by atoms with Gasteiger partial charge in [-0.1, -0.05) is 23.8 Å². The minimum atomic E-state index is 1.06. The van der Waals surface area contributed by atoms with E-state index in [1.807, 2.05) is 0 Å². The van der Waals surface area contributed by atoms with Gasteiger partial charge in [0.15, 0.2) is 0 Å². The fourth-order valence-corrected chi connectivity index (χ4v) is 3.39. The predicted molar refractivity (Wildman–Crippen MR) is 85.3 cm³/mol. The number of piperazine rings is 1. The minimum absolute atomic E-state index is 1.06. The van der Waals surface area contributed by atoms with Crippen molar-refractivity contribution in [2.24, 2.45) is 0 Å². The number of aromatic nitrogens is 1. The summed E-state index contributed by atoms with van der Waals surface area (Å²) < 4.78 is 0. The summed E-state index contributed by atoms with van der Waals surface area (Å²) in [5.41, 5.74) is 3.76. The lowest BCUT2D eigenvalue weighted by molar-refractivity contribution is 0.243. The Hall–Kier alpha value is -1.23. The van der Waals surface area contributed by atoms with Gasteiger partial charge in [-0.3, -0.25) is 0 Å². The number of hydrogen-bond acceptors (Lipinski definition) is 4. The zero-order valence-corrected chi connectivity index (χ0v) is 12.7. The molecule has 1 aliphatic heterocycles. The van der Waals surface area contributed by atoms with Crippen molar-refractivity contribution in [3.05, 3.63) is 40.9 Å². The Balaban J connectivity index is 1.61. The highest BCUT2D eigenvalue weighted by Crippen LogP contribution is 2.24. The summed E-state index contributed by atoms with van der Waals surface area (Å²) in [6, 6.07) is 8.58. The Morgan fingerprint density at radius 1 is 1.30 bits per heavy atom. The Bertz CT molecular complexity index is 558. The zero-order valence-electron chi connectivity index (χ0n) is 11.9. The van der Waals surface area contributed by atoms with Crippen LogP contribution >= 0.6 is 11.3 Å². The van der Waals surface area contributed by atoms with Gasteiger partial charge in [-0.25, -0.2) is 4.98 Å². The molecule has 2 heterocycles. The maximum atomic E-state index is 4.78. The van der Waals surface area contributed by atoms with Gasteiger partial charge in [0, 0.05) is 50.1 Å². The van der Waals surface area contributed by atoms with E-state index >= 15 is 0 Å². The summed E-state index contributed by atoms with van der Waals surface area (Å²) in [6.07, 6.45) is 1.06. The van der Waals surface area contributed by atoms with Crippen LogP contribution in [-0.2, 0) is 6.42 Å². The van der Waals surface area contributed by atoms with Crippen molar-refractivity contribution in [1.82, 2.24) is 15.2 Å². The molecule has 0 spiro atoms. The minimum Gasteiger partial charge on any atom is -0.314 e. The molecule has 4 heteroatoms. The highest BCUT2D eigenvalue weighted by Gasteiger charge is 2.10. The molecular formula is C16H21N3S. The number of aryl methyl sites for hydroxylation is 1. The number of nitrogens with one attached hydrogen (secondary N) is 1. The first kappa shape index (κ1) is 13.7. The van der Waals surface area contributed by atoms with Crippen molar-refractivity contribution < 1.29 is 0 Å². The van der Waals surface area contributed by atoms with Crippen LogP contribution in [0.25, 0.3) is 10.6 Å². The van der Waals surface area contributed by atoms with E-state index in [1.54, 1.807) is 11.3 Å². The number of nitrogens with zero attached hydrogens (tertiary/aromatic N) is 2. The van der Waals surface area contributed by atoms with Gasteiger partial charge in [0.25, 0.3) is 0 Å². The van der Waals surface area contributed by atoms with Crippen LogP contribution in [0.2, 0.25) is 0 Å². The molecule has 2 aromatic rings. The highest BCUT2D eigenvalue weighted by atomic mass is 32.1. The first-order valence-corrected chi connectivity index (χ1v) is 8.14. The number of benzene rings is 1. The van der Waals surface area contributed by atoms with Gasteiger partial charge in [-0.15, -0.1) is 11.3 Å². The van der Waals surface area contributed by atoms with Gasteiger partial charge in [-0.05, 0) is 13.0 Å². The second-order valence-corrected chi connectivity index (χ2v) is 6.21. The molecule has 1 aromatic carbocycles. The van der Waals surface area contributed by atoms with E-state index in [9.17, 15) is 0 Å². The van der Waals surface area contributed by atoms with Crippen LogP contribution in [0.5, 0.6) is 0 Å². The van der Waals surface area contributed by atoms with Crippen LogP contribution in [0.15, 0.2) is 29.6 Å². The molecule has 0 amide bonds. The monoisotopic (exact) mass is 287 g/mol. The smallest absolute Gasteiger partial charge is 0.123 e. The maximum absolute atomic E-state index is 4.78. The van der Waals surface area contributed by atoms with Gasteiger partial charge in [0.1, 0.15) is 5.01 Å². The highest BCUT2D eigenvalue weighted by molar-refractivity contribution is 7.13. The molecule has 0 radical (unpaired) electrons. The zero-order chi connectivity index (χ0) is 13.8. The van der Waals surface area contributed by atoms with Crippen LogP contribution in [0, 0.1) is 6.92 Å². The van der Waals surface area contributed by atoms with Crippen molar-refractivity contribution >= 4 is 11.3 Å². The lowest BCUT2D eigenvalue weighted by Crippen LogP contribution is -2.44. The van der Waals surface area contributed by atoms with E-state index in [0.717, 1.165) is 44.2 Å². The second kappa shape index (κ2) is 6.48. The normalized spacial score (nSPS) is 16.4. The molecule has 3 rings (SSSR count). The first-order chi connectivity index (χ1) is 9.81. The third-order valence-corrected chi connectivity index (χ3v) is 4.65. The van der Waals surface area contributed by atoms with Gasteiger partial charge in [0.05, 0.1) is 5.69 Å². The summed E-state index contributed by atoms with van der Waals surface area (Å²) in [5, 5.41) is 6.74. The lowest BCUT2D eigenvalue weighted by Gasteiger charge is -2.26. The van der Waals surface area contributed by atoms with E-state index in [0.29, 0.717) is 0 Å². The molecule has 1 aliphatic rings. The molecule has 1 N–H and O–H groups in total. The van der Waals surface area contributed by atoms with Crippen molar-refractivity contribution in [1.29, 1.82) is 0 Å². The molecule has 1 fully saturated rings. The molecule has 0 aliphatic carbocycles. The molecule has 3 nitrogen and oxygen atoms in total. The van der Waals surface area contributed by atoms with Crippen molar-refractivity contribution in [2.75, 3.05) is 32.7 Å². The molecule has 20 heavy (non-hydrogen) atoms. The summed E-state index contributed by atoms with van der Waals surface area (Å²) in [5.74, 6) is 0. The molecule has 106 valence electrons. The molecule has 0 atom stereocenters. The Morgan fingerprint density at radius 3 is 2.95 bits per heavy atom. The van der Waals surface area contributed by atoms with Crippen molar-refractivity contribution in [3.8, 4) is 10.6 Å². The van der Waals surface area contributed by atoms with Crippen molar-refractivity contribution in [3.63, 3.8) is 0 Å². The summed E-state index contributed by atoms with van der Waals surface area (Å²) in [4.78, 5) is 7.30. The van der Waals surface area contributed by atoms with Gasteiger partial charge in [-0.2, -0.15) is 0 Å². The SMILES string of the molecule is Cc1cccc(-c2nc(CCN3CCNCC3)cs2)c1. The largest absolute Gasteiger partial charge is 0.314 e. The van der Waals surface area contributed by atoms with Crippen LogP contribution in [-0.4, -0.2) is 42.6 Å². The third kappa shape index (κ3) is 3.45. The molecule has 1 saturated heterocycles. The predicted octanol–water partition coefficient (Wildman–Crippen LogP) is 2.57. The quantitative estimate of drug-likeness (QED) is 0.937. The van der Waals surface area contributed by atoms with Gasteiger partial charge >= 0.3 is 0 Å². The van der Waals surface area contributed by atoms with E-state index in [4.69, 9.17) is 4.98 Å². The second-order valence-electron chi connectivity index (χ2n) is 5.36. The third-order valence-electron chi connectivity index (χ3n) is 3.71. The topological polar surface area (TPSA) is 28.2 Å². The van der Waals surface area contributed by atoms with Gasteiger partial charge in [0.2, 0.25) is 0 Å². The lowest BCUT2D eigenvalue weighted by atomic mass is 10.1. The average molecular weight is 287 g/mol. The van der Waals surface area contributed by atoms with Crippen molar-refractivity contribution in [2.45, 2.75) is 13.3 Å². The number of thiazole rings is 1. The number of rotatable bonds is 4. The Labute approximate surface area is 124 Å². The van der Waals surface area contributed by atoms with Crippen LogP contribution < -0.4 is 5.32 Å². The summed E-state index contributed by atoms with van der Waals surface area (Å²) in [7, 11) is 0. The van der Waals surface area contributed by atoms with E-state index < -0.39 is 0 Å². The maximum Gasteiger partial charge on any atom is 0.123 e. The summed E-state index contributed by atoms with van der Waals surface area (Å²) >= 11 is 1.76. The fraction of sp³-hybridized carbons (Fsp3) is 0.438. The first-order valence-electron chi connectivity index (χ1n) is 7.26. The van der Waals surface area contributed by atoms with E-state index in [2.05, 4.69) is 46.8 Å². The molecule has 1 aromatic heterocycles. The number of hydrogen-bond donors (Lipinski definition) is 1. The fourth-order valence-electron chi connectivity index (χ4n) is 2.54. The molecule has 0 unspecified atom stereocenters. The molecule has 0 bridgehead atoms. The van der Waals surface area contributed by atoms with E-state index in [1.165, 1.54) is 16.8 Å². The molecule has 0 saturated carbocycles. The van der Waals surface area contributed by atoms with Crippen LogP contribution in [0.3, 0.4) is 0 Å². The van der Waals surface area contributed by atoms with E-state index in [-0.39, 0.29) is 0 Å². The van der Waals surface area contributed by atoms with Crippen LogP contribution in [0.1, 0.15) is 11.3 Å². The van der Waals surface area contributed by atoms with Crippen LogP contribution in [0.4, 0.5) is 0 Å². The molecular weight excluding hydrogens is 266 g/mol. The van der Waals surface area contributed by atoms with Gasteiger partial charge < -0.3 is 10.2 Å². The average Bonchev–Trinajstić information content (AvgIpc) is 2.95. The standard InChI is InChI=1S/C16H21N3S/c1-13-3-2-4-14(11-13)16-18-15(12-20-16)5-8-19-9-6-17-7-10-19/h2-4,11-12,17H,5-10H2,1H3. The Morgan fingerprint density at radius 2 is 2.15 bits per heavy atom.